The molecule has 3 aromatic carbocycles. The van der Waals surface area contributed by atoms with Gasteiger partial charge in [0.25, 0.3) is 0 Å². The minimum atomic E-state index is -1.44. The average Bonchev–Trinajstić information content (AvgIpc) is 3.60. The number of benzene rings is 3. The number of amides is 1. The lowest BCUT2D eigenvalue weighted by molar-refractivity contribution is -0.134. The molecule has 5 rings (SSSR count). The molecular weight excluding hydrogens is 510 g/mol. The van der Waals surface area contributed by atoms with E-state index in [0.29, 0.717) is 17.0 Å². The van der Waals surface area contributed by atoms with Crippen molar-refractivity contribution in [1.29, 1.82) is 0 Å². The highest BCUT2D eigenvalue weighted by Gasteiger charge is 2.44. The van der Waals surface area contributed by atoms with Gasteiger partial charge in [0, 0.05) is 43.0 Å². The van der Waals surface area contributed by atoms with E-state index in [0.717, 1.165) is 43.0 Å². The number of hydrogen-bond donors (Lipinski definition) is 0. The molecule has 0 N–H and O–H groups in total. The van der Waals surface area contributed by atoms with E-state index in [1.165, 1.54) is 48.4 Å². The van der Waals surface area contributed by atoms with E-state index in [2.05, 4.69) is 4.74 Å². The predicted molar refractivity (Wildman–Crippen MR) is 154 cm³/mol. The smallest absolute Gasteiger partial charge is 0.330 e. The van der Waals surface area contributed by atoms with E-state index in [-0.39, 0.29) is 29.0 Å². The Bertz CT molecular complexity index is 1470. The maximum Gasteiger partial charge on any atom is 0.330 e. The van der Waals surface area contributed by atoms with Gasteiger partial charge in [0.15, 0.2) is 0 Å². The molecule has 2 bridgehead atoms. The SMILES string of the molecule is [2H]C(c1ccc(-c2ccc(N(C)C)cc2)cc1F)N(C(=O)C1CC2CCC1C2)c1cc(F)cc(/C=C/C(=O)OC)c1. The van der Waals surface area contributed by atoms with Crippen molar-refractivity contribution < 1.29 is 24.5 Å². The van der Waals surface area contributed by atoms with E-state index >= 15 is 4.39 Å². The lowest BCUT2D eigenvalue weighted by Gasteiger charge is -2.30. The normalized spacial score (nSPS) is 20.8. The van der Waals surface area contributed by atoms with Gasteiger partial charge in [-0.15, -0.1) is 0 Å². The van der Waals surface area contributed by atoms with Gasteiger partial charge in [-0.05, 0) is 90.3 Å². The molecule has 5 nitrogen and oxygen atoms in total. The summed E-state index contributed by atoms with van der Waals surface area (Å²) in [6.45, 7) is -1.44. The Kier molecular flexibility index (Phi) is 7.62. The maximum absolute atomic E-state index is 15.7. The van der Waals surface area contributed by atoms with Crippen molar-refractivity contribution in [3.8, 4) is 11.1 Å². The molecule has 4 unspecified atom stereocenters. The Labute approximate surface area is 235 Å². The van der Waals surface area contributed by atoms with Gasteiger partial charge in [0.1, 0.15) is 11.6 Å². The molecule has 0 saturated heterocycles. The zero-order valence-electron chi connectivity index (χ0n) is 23.9. The fourth-order valence-electron chi connectivity index (χ4n) is 5.96. The van der Waals surface area contributed by atoms with E-state index < -0.39 is 24.1 Å². The van der Waals surface area contributed by atoms with Crippen LogP contribution in [0, 0.1) is 29.4 Å². The number of nitrogens with zero attached hydrogens (tertiary/aromatic N) is 2. The number of rotatable bonds is 8. The molecule has 0 heterocycles. The van der Waals surface area contributed by atoms with Crippen LogP contribution in [-0.4, -0.2) is 33.1 Å². The van der Waals surface area contributed by atoms with Gasteiger partial charge >= 0.3 is 5.97 Å². The summed E-state index contributed by atoms with van der Waals surface area (Å²) >= 11 is 0. The summed E-state index contributed by atoms with van der Waals surface area (Å²) in [4.78, 5) is 28.8. The maximum atomic E-state index is 15.7. The van der Waals surface area contributed by atoms with Crippen molar-refractivity contribution in [2.45, 2.75) is 32.2 Å². The number of esters is 1. The molecular formula is C33H34F2N2O3. The predicted octanol–water partition coefficient (Wildman–Crippen LogP) is 6.85. The third-order valence-corrected chi connectivity index (χ3v) is 8.07. The fraction of sp³-hybridized carbons (Fsp3) is 0.333. The van der Waals surface area contributed by atoms with Crippen LogP contribution in [0.5, 0.6) is 0 Å². The standard InChI is InChI=1S/C33H34F2N2O3/c1-36(2)28-11-9-23(10-12-28)24-7-8-26(31(35)18-24)20-37(33(39)30-17-21-4-6-25(30)14-21)29-16-22(15-27(34)19-29)5-13-32(38)40-3/h5,7-13,15-16,18-19,21,25,30H,4,6,14,17,20H2,1-3H3/b13-5+/i20D. The molecule has 0 aromatic heterocycles. The quantitative estimate of drug-likeness (QED) is 0.229. The third kappa shape index (κ3) is 5.93. The summed E-state index contributed by atoms with van der Waals surface area (Å²) in [5.41, 5.74) is 2.97. The summed E-state index contributed by atoms with van der Waals surface area (Å²) in [5, 5.41) is 0. The zero-order valence-corrected chi connectivity index (χ0v) is 22.9. The molecule has 0 radical (unpaired) electrons. The van der Waals surface area contributed by atoms with E-state index in [1.54, 1.807) is 6.07 Å². The molecule has 7 heteroatoms. The van der Waals surface area contributed by atoms with Crippen LogP contribution in [0.25, 0.3) is 17.2 Å². The molecule has 1 amide bonds. The number of fused-ring (bicyclic) bond motifs is 2. The third-order valence-electron chi connectivity index (χ3n) is 8.07. The number of anilines is 2. The topological polar surface area (TPSA) is 49.9 Å². The first-order valence-corrected chi connectivity index (χ1v) is 13.5. The summed E-state index contributed by atoms with van der Waals surface area (Å²) in [5.74, 6) is -1.77. The highest BCUT2D eigenvalue weighted by Crippen LogP contribution is 2.49. The second-order valence-electron chi connectivity index (χ2n) is 10.9. The van der Waals surface area contributed by atoms with Crippen LogP contribution in [0.2, 0.25) is 0 Å². The van der Waals surface area contributed by atoms with Crippen LogP contribution >= 0.6 is 0 Å². The molecule has 2 saturated carbocycles. The Balaban J connectivity index is 1.51. The van der Waals surface area contributed by atoms with Crippen LogP contribution in [0.1, 0.15) is 38.2 Å². The molecule has 40 heavy (non-hydrogen) atoms. The summed E-state index contributed by atoms with van der Waals surface area (Å²) < 4.78 is 44.2. The second-order valence-corrected chi connectivity index (χ2v) is 10.9. The molecule has 208 valence electrons. The van der Waals surface area contributed by atoms with Gasteiger partial charge < -0.3 is 14.5 Å². The zero-order chi connectivity index (χ0) is 29.3. The molecule has 3 aromatic rings. The van der Waals surface area contributed by atoms with Crippen molar-refractivity contribution in [2.75, 3.05) is 31.0 Å². The van der Waals surface area contributed by atoms with Gasteiger partial charge in [0.05, 0.1) is 15.0 Å². The number of hydrogen-bond acceptors (Lipinski definition) is 4. The fourth-order valence-corrected chi connectivity index (χ4v) is 5.96. The number of carbonyl (C=O) groups is 2. The van der Waals surface area contributed by atoms with Crippen LogP contribution in [0.3, 0.4) is 0 Å². The van der Waals surface area contributed by atoms with Gasteiger partial charge in [-0.1, -0.05) is 30.7 Å². The van der Waals surface area contributed by atoms with E-state index in [1.807, 2.05) is 43.3 Å². The van der Waals surface area contributed by atoms with Crippen LogP contribution in [0.4, 0.5) is 20.2 Å². The highest BCUT2D eigenvalue weighted by atomic mass is 19.1. The molecule has 4 atom stereocenters. The Morgan fingerprint density at radius 2 is 1.73 bits per heavy atom. The monoisotopic (exact) mass is 545 g/mol. The summed E-state index contributed by atoms with van der Waals surface area (Å²) in [6.07, 6.45) is 6.27. The largest absolute Gasteiger partial charge is 0.466 e. The lowest BCUT2D eigenvalue weighted by atomic mass is 9.87. The Morgan fingerprint density at radius 1 is 0.975 bits per heavy atom. The minimum Gasteiger partial charge on any atom is -0.466 e. The van der Waals surface area contributed by atoms with Crippen LogP contribution in [0.15, 0.2) is 66.7 Å². The highest BCUT2D eigenvalue weighted by molar-refractivity contribution is 5.96. The minimum absolute atomic E-state index is 0.0195. The van der Waals surface area contributed by atoms with Crippen molar-refractivity contribution >= 4 is 29.3 Å². The van der Waals surface area contributed by atoms with Crippen LogP contribution < -0.4 is 9.80 Å². The Hall–Kier alpha value is -4.00. The number of methoxy groups -OCH3 is 1. The Morgan fingerprint density at radius 3 is 2.35 bits per heavy atom. The summed E-state index contributed by atoms with van der Waals surface area (Å²) in [6, 6.07) is 16.3. The number of halogens is 2. The molecule has 2 fully saturated rings. The van der Waals surface area contributed by atoms with Crippen LogP contribution in [-0.2, 0) is 20.8 Å². The lowest BCUT2D eigenvalue weighted by Crippen LogP contribution is -2.38. The van der Waals surface area contributed by atoms with Gasteiger partial charge in [-0.3, -0.25) is 4.79 Å². The number of ether oxygens (including phenoxy) is 1. The van der Waals surface area contributed by atoms with Crippen molar-refractivity contribution in [3.63, 3.8) is 0 Å². The average molecular weight is 546 g/mol. The first-order valence-electron chi connectivity index (χ1n) is 14.1. The number of carbonyl (C=O) groups excluding carboxylic acids is 2. The first-order chi connectivity index (χ1) is 19.6. The molecule has 0 spiro atoms. The van der Waals surface area contributed by atoms with Crippen molar-refractivity contribution in [2.24, 2.45) is 17.8 Å². The van der Waals surface area contributed by atoms with E-state index in [9.17, 15) is 14.0 Å². The molecule has 2 aliphatic carbocycles. The second kappa shape index (κ2) is 11.6. The molecule has 2 aliphatic rings. The van der Waals surface area contributed by atoms with Gasteiger partial charge in [-0.25, -0.2) is 13.6 Å². The van der Waals surface area contributed by atoms with Crippen molar-refractivity contribution in [3.05, 3.63) is 89.5 Å². The molecule has 0 aliphatic heterocycles. The van der Waals surface area contributed by atoms with E-state index in [4.69, 9.17) is 1.37 Å². The first kappa shape index (κ1) is 26.2. The van der Waals surface area contributed by atoms with Gasteiger partial charge in [0.2, 0.25) is 5.91 Å². The summed E-state index contributed by atoms with van der Waals surface area (Å²) in [7, 11) is 5.12. The van der Waals surface area contributed by atoms with Crippen molar-refractivity contribution in [1.82, 2.24) is 0 Å². The van der Waals surface area contributed by atoms with Gasteiger partial charge in [-0.2, -0.15) is 0 Å².